The number of nitrogens with zero attached hydrogens (tertiary/aromatic N) is 1. The van der Waals surface area contributed by atoms with E-state index in [2.05, 4.69) is 21.2 Å². The van der Waals surface area contributed by atoms with Crippen LogP contribution >= 0.6 is 15.9 Å². The Morgan fingerprint density at radius 3 is 2.24 bits per heavy atom. The summed E-state index contributed by atoms with van der Waals surface area (Å²) in [4.78, 5) is 51.5. The highest BCUT2D eigenvalue weighted by molar-refractivity contribution is 9.10. The molecule has 170 valence electrons. The van der Waals surface area contributed by atoms with Gasteiger partial charge in [0.1, 0.15) is 0 Å². The van der Waals surface area contributed by atoms with Crippen molar-refractivity contribution in [2.75, 3.05) is 16.8 Å². The Labute approximate surface area is 199 Å². The molecule has 1 N–H and O–H groups in total. The van der Waals surface area contributed by atoms with Gasteiger partial charge in [-0.05, 0) is 68.1 Å². The van der Waals surface area contributed by atoms with Gasteiger partial charge in [-0.1, -0.05) is 34.1 Å². The molecule has 0 unspecified atom stereocenters. The maximum Gasteiger partial charge on any atom is 0.338 e. The van der Waals surface area contributed by atoms with Crippen LogP contribution < -0.4 is 10.2 Å². The maximum absolute atomic E-state index is 12.8. The molecule has 0 aromatic heterocycles. The number of hydrogen-bond donors (Lipinski definition) is 1. The number of halogens is 1. The highest BCUT2D eigenvalue weighted by atomic mass is 79.9. The molecule has 7 nitrogen and oxygen atoms in total. The van der Waals surface area contributed by atoms with Crippen molar-refractivity contribution in [3.05, 3.63) is 69.7 Å². The molecule has 1 heterocycles. The first-order valence-corrected chi connectivity index (χ1v) is 11.4. The smallest absolute Gasteiger partial charge is 0.338 e. The summed E-state index contributed by atoms with van der Waals surface area (Å²) in [6, 6.07) is 9.80. The SMILES string of the molecule is Cc1cc(NC(=O)COC(=O)c2cccc(N3C(=O)[C@H]4CC=CC[C@H]4C3=O)c2)cc(C)c1Br. The Balaban J connectivity index is 1.41. The third-order valence-electron chi connectivity index (χ3n) is 5.90. The lowest BCUT2D eigenvalue weighted by Gasteiger charge is -2.15. The molecule has 8 heteroatoms. The van der Waals surface area contributed by atoms with E-state index in [0.717, 1.165) is 20.5 Å². The molecule has 1 saturated heterocycles. The van der Waals surface area contributed by atoms with Crippen molar-refractivity contribution in [1.29, 1.82) is 0 Å². The van der Waals surface area contributed by atoms with Gasteiger partial charge in [0.15, 0.2) is 6.61 Å². The van der Waals surface area contributed by atoms with Gasteiger partial charge in [-0.2, -0.15) is 0 Å². The summed E-state index contributed by atoms with van der Waals surface area (Å²) in [5, 5.41) is 2.71. The monoisotopic (exact) mass is 510 g/mol. The Kier molecular flexibility index (Phi) is 6.47. The van der Waals surface area contributed by atoms with E-state index >= 15 is 0 Å². The number of imide groups is 1. The highest BCUT2D eigenvalue weighted by Crippen LogP contribution is 2.37. The zero-order valence-corrected chi connectivity index (χ0v) is 19.8. The Morgan fingerprint density at radius 2 is 1.64 bits per heavy atom. The van der Waals surface area contributed by atoms with Crippen LogP contribution in [-0.4, -0.2) is 30.3 Å². The number of nitrogens with one attached hydrogen (secondary N) is 1. The van der Waals surface area contributed by atoms with Gasteiger partial charge >= 0.3 is 5.97 Å². The van der Waals surface area contributed by atoms with Crippen molar-refractivity contribution in [2.45, 2.75) is 26.7 Å². The first kappa shape index (κ1) is 22.9. The van der Waals surface area contributed by atoms with Crippen molar-refractivity contribution in [3.8, 4) is 0 Å². The van der Waals surface area contributed by atoms with Gasteiger partial charge in [0.05, 0.1) is 23.1 Å². The number of carbonyl (C=O) groups is 4. The average molecular weight is 511 g/mol. The van der Waals surface area contributed by atoms with E-state index in [1.165, 1.54) is 12.1 Å². The largest absolute Gasteiger partial charge is 0.452 e. The van der Waals surface area contributed by atoms with Crippen LogP contribution in [0.15, 0.2) is 53.0 Å². The predicted molar refractivity (Wildman–Crippen MR) is 127 cm³/mol. The fourth-order valence-electron chi connectivity index (χ4n) is 4.26. The van der Waals surface area contributed by atoms with Gasteiger partial charge in [-0.3, -0.25) is 19.3 Å². The first-order valence-electron chi connectivity index (χ1n) is 10.6. The van der Waals surface area contributed by atoms with Crippen LogP contribution in [0.4, 0.5) is 11.4 Å². The molecule has 0 saturated carbocycles. The molecule has 4 rings (SSSR count). The van der Waals surface area contributed by atoms with Gasteiger partial charge in [0, 0.05) is 10.2 Å². The van der Waals surface area contributed by atoms with Crippen molar-refractivity contribution in [3.63, 3.8) is 0 Å². The Bertz CT molecular complexity index is 1140. The Hall–Kier alpha value is -3.26. The summed E-state index contributed by atoms with van der Waals surface area (Å²) in [5.74, 6) is -2.39. The molecular formula is C25H23BrN2O5. The van der Waals surface area contributed by atoms with Crippen molar-refractivity contribution >= 4 is 51.0 Å². The number of fused-ring (bicyclic) bond motifs is 1. The molecule has 2 aliphatic rings. The second-order valence-corrected chi connectivity index (χ2v) is 9.06. The maximum atomic E-state index is 12.8. The van der Waals surface area contributed by atoms with Gasteiger partial charge in [0.2, 0.25) is 11.8 Å². The van der Waals surface area contributed by atoms with E-state index < -0.39 is 18.5 Å². The Morgan fingerprint density at radius 1 is 1.03 bits per heavy atom. The van der Waals surface area contributed by atoms with Gasteiger partial charge < -0.3 is 10.1 Å². The number of esters is 1. The second-order valence-electron chi connectivity index (χ2n) is 8.27. The molecule has 2 aromatic rings. The highest BCUT2D eigenvalue weighted by Gasteiger charge is 2.47. The second kappa shape index (κ2) is 9.31. The number of aryl methyl sites for hydroxylation is 2. The summed E-state index contributed by atoms with van der Waals surface area (Å²) in [5.41, 5.74) is 3.04. The van der Waals surface area contributed by atoms with E-state index in [0.29, 0.717) is 24.2 Å². The molecule has 0 radical (unpaired) electrons. The van der Waals surface area contributed by atoms with E-state index in [1.54, 1.807) is 12.1 Å². The van der Waals surface area contributed by atoms with Crippen molar-refractivity contribution in [2.24, 2.45) is 11.8 Å². The third kappa shape index (κ3) is 4.61. The minimum atomic E-state index is -0.714. The molecule has 1 fully saturated rings. The number of amides is 3. The number of allylic oxidation sites excluding steroid dienone is 2. The summed E-state index contributed by atoms with van der Waals surface area (Å²) in [6.45, 7) is 3.37. The quantitative estimate of drug-likeness (QED) is 0.367. The normalized spacial score (nSPS) is 19.4. The van der Waals surface area contributed by atoms with Gasteiger partial charge in [-0.15, -0.1) is 0 Å². The van der Waals surface area contributed by atoms with Gasteiger partial charge in [0.25, 0.3) is 5.91 Å². The number of ether oxygens (including phenoxy) is 1. The fraction of sp³-hybridized carbons (Fsp3) is 0.280. The molecule has 0 spiro atoms. The number of hydrogen-bond acceptors (Lipinski definition) is 5. The van der Waals surface area contributed by atoms with Crippen molar-refractivity contribution < 1.29 is 23.9 Å². The van der Waals surface area contributed by atoms with E-state index in [1.807, 2.05) is 38.1 Å². The van der Waals surface area contributed by atoms with Crippen molar-refractivity contribution in [1.82, 2.24) is 0 Å². The molecule has 2 atom stereocenters. The van der Waals surface area contributed by atoms with Crippen LogP contribution in [0, 0.1) is 25.7 Å². The molecule has 3 amide bonds. The number of benzene rings is 2. The summed E-state index contributed by atoms with van der Waals surface area (Å²) in [6.07, 6.45) is 4.93. The van der Waals surface area contributed by atoms with Crippen LogP contribution in [0.3, 0.4) is 0 Å². The van der Waals surface area contributed by atoms with E-state index in [4.69, 9.17) is 4.74 Å². The number of carbonyl (C=O) groups excluding carboxylic acids is 4. The van der Waals surface area contributed by atoms with Crippen LogP contribution in [0.1, 0.15) is 34.3 Å². The summed E-state index contributed by atoms with van der Waals surface area (Å²) < 4.78 is 6.12. The topological polar surface area (TPSA) is 92.8 Å². The zero-order chi connectivity index (χ0) is 23.7. The minimum absolute atomic E-state index is 0.157. The summed E-state index contributed by atoms with van der Waals surface area (Å²) in [7, 11) is 0. The van der Waals surface area contributed by atoms with E-state index in [9.17, 15) is 19.2 Å². The lowest BCUT2D eigenvalue weighted by molar-refractivity contribution is -0.122. The van der Waals surface area contributed by atoms with Crippen LogP contribution in [0.25, 0.3) is 0 Å². The number of anilines is 2. The molecule has 2 aromatic carbocycles. The average Bonchev–Trinajstić information content (AvgIpc) is 3.06. The van der Waals surface area contributed by atoms with Crippen LogP contribution in [0.2, 0.25) is 0 Å². The zero-order valence-electron chi connectivity index (χ0n) is 18.3. The molecule has 33 heavy (non-hydrogen) atoms. The first-order chi connectivity index (χ1) is 15.8. The molecule has 0 bridgehead atoms. The van der Waals surface area contributed by atoms with Crippen LogP contribution in [0.5, 0.6) is 0 Å². The van der Waals surface area contributed by atoms with Crippen LogP contribution in [-0.2, 0) is 19.1 Å². The lowest BCUT2D eigenvalue weighted by atomic mass is 9.85. The minimum Gasteiger partial charge on any atom is -0.452 e. The molecular weight excluding hydrogens is 488 g/mol. The molecule has 1 aliphatic heterocycles. The summed E-state index contributed by atoms with van der Waals surface area (Å²) >= 11 is 3.48. The predicted octanol–water partition coefficient (Wildman–Crippen LogP) is 4.32. The molecule has 1 aliphatic carbocycles. The van der Waals surface area contributed by atoms with E-state index in [-0.39, 0.29) is 29.2 Å². The third-order valence-corrected chi connectivity index (χ3v) is 7.15. The standard InChI is InChI=1S/C25H23BrN2O5/c1-14-10-17(11-15(2)22(14)26)27-21(29)13-33-25(32)16-6-5-7-18(12-16)28-23(30)19-8-3-4-9-20(19)24(28)31/h3-7,10-12,19-20H,8-9,13H2,1-2H3,(H,27,29)/t19-,20+. The number of rotatable bonds is 5. The fourth-order valence-corrected chi connectivity index (χ4v) is 4.49. The lowest BCUT2D eigenvalue weighted by Crippen LogP contribution is -2.31. The van der Waals surface area contributed by atoms with Gasteiger partial charge in [-0.25, -0.2) is 4.79 Å².